The van der Waals surface area contributed by atoms with E-state index < -0.39 is 143 Å². The molecule has 762 valence electrons. The van der Waals surface area contributed by atoms with Gasteiger partial charge in [0.1, 0.15) is 48.4 Å². The number of carbonyl (C=O) groups is 11. The molecule has 10 rings (SSSR count). The second kappa shape index (κ2) is 60.4. The fourth-order valence-corrected chi connectivity index (χ4v) is 18.8. The molecule has 36 nitrogen and oxygen atoms in total. The van der Waals surface area contributed by atoms with Gasteiger partial charge in [0.2, 0.25) is 41.4 Å². The number of hydrogen-bond acceptors (Lipinski definition) is 27. The number of methoxy groups -OCH3 is 2. The number of hydrogen-bond donors (Lipinski definition) is 17. The number of dihydropyridines is 1. The first-order chi connectivity index (χ1) is 67.1. The van der Waals surface area contributed by atoms with Crippen molar-refractivity contribution in [3.8, 4) is 11.5 Å². The van der Waals surface area contributed by atoms with Crippen LogP contribution in [0.5, 0.6) is 11.5 Å². The van der Waals surface area contributed by atoms with Gasteiger partial charge in [0.05, 0.1) is 77.2 Å². The van der Waals surface area contributed by atoms with Crippen molar-refractivity contribution < 1.29 is 97.4 Å². The van der Waals surface area contributed by atoms with Crippen LogP contribution in [0.4, 0.5) is 5.69 Å². The molecule has 0 radical (unpaired) electrons. The summed E-state index contributed by atoms with van der Waals surface area (Å²) in [5.41, 5.74) is 17.8. The van der Waals surface area contributed by atoms with Crippen LogP contribution in [-0.2, 0) is 83.2 Å². The number of benzene rings is 6. The lowest BCUT2D eigenvalue weighted by atomic mass is 9.80. The number of rotatable bonds is 39. The smallest absolute Gasteiger partial charge is 0.336 e. The highest BCUT2D eigenvalue weighted by atomic mass is 35.5. The maximum Gasteiger partial charge on any atom is 0.336 e. The number of non-ortho nitro benzene ring substituents is 1. The van der Waals surface area contributed by atoms with Crippen LogP contribution in [-0.4, -0.2) is 256 Å². The number of aliphatic carboxylic acids is 1. The first kappa shape index (κ1) is 115. The van der Waals surface area contributed by atoms with Gasteiger partial charge in [-0.25, -0.2) is 9.59 Å². The zero-order chi connectivity index (χ0) is 102. The number of nitrogens with one attached hydrogen (secondary N) is 10. The summed E-state index contributed by atoms with van der Waals surface area (Å²) in [6, 6.07) is 32.1. The van der Waals surface area contributed by atoms with E-state index in [-0.39, 0.29) is 94.3 Å². The van der Waals surface area contributed by atoms with Gasteiger partial charge in [-0.3, -0.25) is 63.1 Å². The Labute approximate surface area is 834 Å². The number of aromatic hydroxyl groups is 1. The predicted molar refractivity (Wildman–Crippen MR) is 540 cm³/mol. The first-order valence-electron chi connectivity index (χ1n) is 46.9. The molecule has 0 spiro atoms. The summed E-state index contributed by atoms with van der Waals surface area (Å²) in [6.45, 7) is 13.8. The Morgan fingerprint density at radius 2 is 1.30 bits per heavy atom. The number of halogens is 2. The van der Waals surface area contributed by atoms with Gasteiger partial charge < -0.3 is 104 Å². The molecule has 0 aliphatic carbocycles. The molecule has 40 heteroatoms. The van der Waals surface area contributed by atoms with Crippen molar-refractivity contribution in [1.29, 1.82) is 0 Å². The number of esters is 2. The van der Waals surface area contributed by atoms with Crippen LogP contribution in [0.2, 0.25) is 10.0 Å². The number of fused-ring (bicyclic) bond motifs is 1. The highest BCUT2D eigenvalue weighted by Crippen LogP contribution is 2.42. The quantitative estimate of drug-likeness (QED) is 0.00561. The van der Waals surface area contributed by atoms with Gasteiger partial charge in [-0.1, -0.05) is 218 Å². The topological polar surface area (TPSA) is 542 Å². The van der Waals surface area contributed by atoms with Crippen molar-refractivity contribution >= 4 is 127 Å². The predicted octanol–water partition coefficient (Wildman–Crippen LogP) is 9.01. The third kappa shape index (κ3) is 36.8. The van der Waals surface area contributed by atoms with Gasteiger partial charge in [0.15, 0.2) is 11.5 Å². The van der Waals surface area contributed by atoms with E-state index >= 15 is 0 Å². The molecule has 7 aromatic rings. The third-order valence-corrected chi connectivity index (χ3v) is 26.6. The van der Waals surface area contributed by atoms with Gasteiger partial charge >= 0.3 is 17.9 Å². The Morgan fingerprint density at radius 3 is 1.91 bits per heavy atom. The lowest BCUT2D eigenvalue weighted by Gasteiger charge is -2.30. The van der Waals surface area contributed by atoms with Gasteiger partial charge in [0.25, 0.3) is 11.6 Å². The van der Waals surface area contributed by atoms with Gasteiger partial charge in [-0.2, -0.15) is 0 Å². The summed E-state index contributed by atoms with van der Waals surface area (Å²) in [4.78, 5) is 166. The number of amides is 8. The van der Waals surface area contributed by atoms with Crippen molar-refractivity contribution in [3.05, 3.63) is 228 Å². The van der Waals surface area contributed by atoms with E-state index in [0.717, 1.165) is 82.4 Å². The molecule has 2 saturated heterocycles. The number of ether oxygens (including phenoxy) is 3. The van der Waals surface area contributed by atoms with Crippen molar-refractivity contribution in [2.24, 2.45) is 11.5 Å². The number of nitrogens with zero attached hydrogens (tertiary/aromatic N) is 3. The number of aromatic nitrogens is 1. The van der Waals surface area contributed by atoms with Crippen LogP contribution < -0.4 is 64.1 Å². The zero-order valence-electron chi connectivity index (χ0n) is 80.6. The Kier molecular flexibility index (Phi) is 49.8. The molecule has 140 heavy (non-hydrogen) atoms. The molecule has 0 saturated carbocycles. The highest BCUT2D eigenvalue weighted by molar-refractivity contribution is 8.76. The van der Waals surface area contributed by atoms with Crippen molar-refractivity contribution in [2.45, 2.75) is 223 Å². The number of phenols is 1. The summed E-state index contributed by atoms with van der Waals surface area (Å²) in [5, 5.41) is 86.4. The summed E-state index contributed by atoms with van der Waals surface area (Å²) in [6.07, 6.45) is 10.7. The lowest BCUT2D eigenvalue weighted by molar-refractivity contribution is -0.384. The zero-order valence-corrected chi connectivity index (χ0v) is 83.7. The average Bonchev–Trinajstić information content (AvgIpc) is 0.785. The van der Waals surface area contributed by atoms with Crippen molar-refractivity contribution in [1.82, 2.24) is 62.6 Å². The average molecular weight is 2020 g/mol. The van der Waals surface area contributed by atoms with E-state index in [4.69, 9.17) is 54.0 Å². The molecule has 0 bridgehead atoms. The van der Waals surface area contributed by atoms with Crippen LogP contribution in [0.1, 0.15) is 169 Å². The molecule has 19 N–H and O–H groups in total. The fourth-order valence-electron chi connectivity index (χ4n) is 15.9. The molecule has 4 heterocycles. The Bertz CT molecular complexity index is 5300. The Balaban J connectivity index is 0.000000314. The molecule has 2 fully saturated rings. The lowest BCUT2D eigenvalue weighted by Crippen LogP contribution is -2.62. The minimum Gasteiger partial charge on any atom is -0.505 e. The number of aliphatic hydroxyl groups is 3. The van der Waals surface area contributed by atoms with Crippen LogP contribution >= 0.6 is 44.8 Å². The van der Waals surface area contributed by atoms with Crippen LogP contribution in [0, 0.1) is 10.1 Å². The summed E-state index contributed by atoms with van der Waals surface area (Å²) in [5.74, 6) is -9.42. The number of nitro benzene ring substituents is 1. The summed E-state index contributed by atoms with van der Waals surface area (Å²) < 4.78 is 15.7. The molecule has 12 atom stereocenters. The van der Waals surface area contributed by atoms with Crippen molar-refractivity contribution in [2.75, 3.05) is 78.7 Å². The number of allylic oxidation sites excluding steroid dienone is 2. The second-order valence-corrected chi connectivity index (χ2v) is 37.7. The number of H-pyrrole nitrogens is 1. The molecule has 1 aromatic heterocycles. The van der Waals surface area contributed by atoms with Gasteiger partial charge in [0, 0.05) is 97.1 Å². The number of carboxylic acids is 1. The number of nitro groups is 1. The molecule has 6 aromatic carbocycles. The van der Waals surface area contributed by atoms with E-state index in [9.17, 15) is 83.3 Å². The largest absolute Gasteiger partial charge is 0.505 e. The number of unbranched alkanes of at least 4 members (excludes halogenated alkanes) is 7. The molecule has 3 aliphatic rings. The third-order valence-electron chi connectivity index (χ3n) is 23.6. The van der Waals surface area contributed by atoms with E-state index in [1.807, 2.05) is 72.6 Å². The van der Waals surface area contributed by atoms with E-state index in [1.165, 1.54) is 84.4 Å². The normalized spacial score (nSPS) is 19.2. The van der Waals surface area contributed by atoms with E-state index in [0.29, 0.717) is 73.0 Å². The number of carbonyl (C=O) groups excluding carboxylic acids is 10. The van der Waals surface area contributed by atoms with E-state index in [2.05, 4.69) is 71.6 Å². The van der Waals surface area contributed by atoms with Crippen LogP contribution in [0.3, 0.4) is 0 Å². The first-order valence-corrected chi connectivity index (χ1v) is 50.1. The number of likely N-dealkylation sites (tertiary alicyclic amines) is 1. The molecular formula is C100H135Cl2N15O21S2. The molecule has 8 amide bonds. The maximum atomic E-state index is 14.7. The Morgan fingerprint density at radius 1 is 0.700 bits per heavy atom. The standard InChI is InChI=1S/C49H66N10O10S2.C26H29N3O6.C15H20Cl2N2O3.C10H20O2/c1-28(61)39(25-60)56-48(68)41-27-71-70-26-40(57-43(63)34(51)21-30-13-5-3-6-14-30)47(67)54-37(22-31-15-7-4-8-16-31)45(65)55-38(23-32-24-52-35-18-10-9-17-33(32)35)46(66)53-36(19-11-12-20-50)44(64)59-42(29(2)62)49(69)58-41;1-17-22(25(30)34-4)24(20-11-8-12-21(15-20)29(32)33)23(18(2)27-17)26(31)35-14-13-28(3)16-19-9-6-5-7-10-19;1-3-19-6-4-5-9(19)8-18-15(21)12-13(20)10(16)7-11(17)14(12)22-2;1-2-3-4-5-6-7-8-9-10(11)12/h3-10,13-18,24,28-29,34,36-42,52,60-62H,11-12,19-23,25-27,50-51H2,1-2H3,(H,53,66)(H,54,67)(H,55,65)(H,56,68)(H,57,63)(H,58,69)(H,59,64);5-12,15,24,27H,13-14,16H2,1-4H3;7,9,20H,3-6,8H2,1-2H3,(H,18,21);2-9H2,1H3,(H,11,12)/t28-,29?,34-,36+,37+,38-,39-,40+,41+,42+;;9-;/m1.0./s1. The number of likely N-dealkylation sites (N-methyl/N-ethyl adjacent to an activating group) is 2. The SMILES string of the molecule is CC(O)[C@@H]1NC(=O)[C@H](CCCCN)NC(=O)[C@@H](Cc2c[nH]c3ccccc23)NC(=O)[C@H](Cc2ccccc2)NC(=O)[C@@H](NC(=O)[C@H](N)Cc2ccccc2)CSSC[C@@H](C(=O)N[C@H](CO)[C@@H](C)O)NC1=O.CCCCCCCCCC(=O)O.CCN1CCC[C@H]1CNC(=O)c1c(O)c(Cl)cc(Cl)c1OC.COC(=O)C1=C(C)NC(C)=C(C(=O)OCCN(C)Cc2ccccc2)C1c1cccc([N+](=O)[O-])c1. The molecular weight excluding hydrogens is 1880 g/mol. The number of carboxylic acid groups (broad SMARTS) is 1. The maximum absolute atomic E-state index is 14.7. The highest BCUT2D eigenvalue weighted by Gasteiger charge is 2.41. The monoisotopic (exact) mass is 2020 g/mol. The number of aliphatic hydroxyl groups excluding tert-OH is 3. The van der Waals surface area contributed by atoms with Gasteiger partial charge in [-0.15, -0.1) is 0 Å². The van der Waals surface area contributed by atoms with Gasteiger partial charge in [-0.05, 0) is 139 Å². The Hall–Kier alpha value is -11.7. The number of para-hydroxylation sites is 1. The number of phenolic OH excluding ortho intramolecular Hbond substituents is 1. The van der Waals surface area contributed by atoms with E-state index in [1.54, 1.807) is 80.7 Å². The number of aromatic amines is 1. The van der Waals surface area contributed by atoms with Crippen LogP contribution in [0.25, 0.3) is 10.9 Å². The second-order valence-electron chi connectivity index (χ2n) is 34.3. The summed E-state index contributed by atoms with van der Waals surface area (Å²) in [7, 11) is 6.63. The minimum absolute atomic E-state index is 0.0204. The molecule has 2 unspecified atom stereocenters. The van der Waals surface area contributed by atoms with Crippen LogP contribution in [0.15, 0.2) is 174 Å². The number of nitrogens with two attached hydrogens (primary N) is 2. The summed E-state index contributed by atoms with van der Waals surface area (Å²) >= 11 is 11.9. The fraction of sp³-hybridized carbons (Fsp3) is 0.470. The van der Waals surface area contributed by atoms with Crippen molar-refractivity contribution in [3.63, 3.8) is 0 Å². The molecule has 3 aliphatic heterocycles. The minimum atomic E-state index is -1.66.